The Morgan fingerprint density at radius 1 is 1.21 bits per heavy atom. The topological polar surface area (TPSA) is 47.0 Å². The minimum absolute atomic E-state index is 0.282. The Labute approximate surface area is 121 Å². The van der Waals surface area contributed by atoms with Crippen LogP contribution < -0.4 is 10.1 Å². The lowest BCUT2D eigenvalue weighted by atomic mass is 10.1. The van der Waals surface area contributed by atoms with Crippen LogP contribution in [0.15, 0.2) is 30.5 Å². The molecule has 1 aromatic heterocycles. The van der Waals surface area contributed by atoms with Gasteiger partial charge in [-0.15, -0.1) is 11.6 Å². The van der Waals surface area contributed by atoms with Crippen molar-refractivity contribution in [2.45, 2.75) is 12.4 Å². The quantitative estimate of drug-likeness (QED) is 0.858. The largest absolute Gasteiger partial charge is 0.467 e. The second-order valence-corrected chi connectivity index (χ2v) is 4.53. The van der Waals surface area contributed by atoms with E-state index in [2.05, 4.69) is 15.3 Å². The molecule has 0 saturated carbocycles. The first-order valence-electron chi connectivity index (χ1n) is 5.67. The number of aromatic nitrogens is 2. The average Bonchev–Trinajstić information content (AvgIpc) is 2.47. The van der Waals surface area contributed by atoms with Gasteiger partial charge in [-0.1, -0.05) is 35.9 Å². The Morgan fingerprint density at radius 2 is 1.89 bits per heavy atom. The van der Waals surface area contributed by atoms with Crippen LogP contribution in [-0.2, 0) is 12.4 Å². The van der Waals surface area contributed by atoms with Crippen molar-refractivity contribution in [2.75, 3.05) is 12.4 Å². The third-order valence-corrected chi connectivity index (χ3v) is 3.13. The van der Waals surface area contributed by atoms with Crippen molar-refractivity contribution >= 4 is 29.0 Å². The first-order valence-corrected chi connectivity index (χ1v) is 6.58. The normalized spacial score (nSPS) is 10.3. The minimum atomic E-state index is 0.282. The molecule has 1 aromatic carbocycles. The molecular formula is C13H13Cl2N3O. The van der Waals surface area contributed by atoms with E-state index in [1.807, 2.05) is 24.3 Å². The van der Waals surface area contributed by atoms with Crippen molar-refractivity contribution in [1.82, 2.24) is 9.97 Å². The summed E-state index contributed by atoms with van der Waals surface area (Å²) in [6, 6.07) is 8.29. The van der Waals surface area contributed by atoms with E-state index in [0.29, 0.717) is 23.3 Å². The number of hydrogen-bond acceptors (Lipinski definition) is 4. The van der Waals surface area contributed by atoms with Crippen LogP contribution in [0.2, 0.25) is 5.02 Å². The highest BCUT2D eigenvalue weighted by atomic mass is 35.5. The number of nitrogens with zero attached hydrogens (tertiary/aromatic N) is 2. The van der Waals surface area contributed by atoms with Crippen LogP contribution in [0, 0.1) is 0 Å². The van der Waals surface area contributed by atoms with E-state index >= 15 is 0 Å². The van der Waals surface area contributed by atoms with Gasteiger partial charge in [0.15, 0.2) is 5.82 Å². The number of alkyl halides is 1. The summed E-state index contributed by atoms with van der Waals surface area (Å²) in [5.41, 5.74) is 2.20. The summed E-state index contributed by atoms with van der Waals surface area (Å²) in [6.07, 6.45) is 1.51. The lowest BCUT2D eigenvalue weighted by molar-refractivity contribution is 0.380. The first-order chi connectivity index (χ1) is 9.22. The van der Waals surface area contributed by atoms with Gasteiger partial charge < -0.3 is 10.1 Å². The van der Waals surface area contributed by atoms with Gasteiger partial charge in [-0.25, -0.2) is 4.98 Å². The van der Waals surface area contributed by atoms with Gasteiger partial charge in [0.25, 0.3) is 0 Å². The molecule has 0 aliphatic carbocycles. The molecule has 0 amide bonds. The number of hydrogen-bond donors (Lipinski definition) is 1. The first kappa shape index (κ1) is 13.9. The summed E-state index contributed by atoms with van der Waals surface area (Å²) >= 11 is 11.7. The molecule has 1 N–H and O–H groups in total. The molecule has 0 spiro atoms. The average molecular weight is 298 g/mol. The maximum Gasteiger partial charge on any atom is 0.318 e. The monoisotopic (exact) mass is 297 g/mol. The lowest BCUT2D eigenvalue weighted by Crippen LogP contribution is -2.04. The van der Waals surface area contributed by atoms with Gasteiger partial charge in [0.05, 0.1) is 13.3 Å². The van der Waals surface area contributed by atoms with Crippen LogP contribution in [0.5, 0.6) is 6.01 Å². The number of nitrogens with one attached hydrogen (secondary N) is 1. The number of anilines is 1. The van der Waals surface area contributed by atoms with E-state index in [-0.39, 0.29) is 6.01 Å². The van der Waals surface area contributed by atoms with Gasteiger partial charge in [0, 0.05) is 12.4 Å². The molecule has 4 nitrogen and oxygen atoms in total. The lowest BCUT2D eigenvalue weighted by Gasteiger charge is -2.08. The molecule has 0 aliphatic heterocycles. The standard InChI is InChI=1S/C13H13Cl2N3O/c1-19-13-17-8-11(15)12(18-13)16-7-10-4-2-9(6-14)3-5-10/h2-5,8H,6-7H2,1H3,(H,16,17,18). The number of ether oxygens (including phenoxy) is 1. The molecular weight excluding hydrogens is 285 g/mol. The number of halogens is 2. The molecule has 0 atom stereocenters. The minimum Gasteiger partial charge on any atom is -0.467 e. The Bertz CT molecular complexity index is 546. The summed E-state index contributed by atoms with van der Waals surface area (Å²) in [6.45, 7) is 0.614. The fourth-order valence-corrected chi connectivity index (χ4v) is 1.84. The van der Waals surface area contributed by atoms with Crippen molar-refractivity contribution in [1.29, 1.82) is 0 Å². The Balaban J connectivity index is 2.05. The van der Waals surface area contributed by atoms with Crippen molar-refractivity contribution in [3.8, 4) is 6.01 Å². The zero-order valence-electron chi connectivity index (χ0n) is 10.4. The van der Waals surface area contributed by atoms with Crippen molar-refractivity contribution in [3.05, 3.63) is 46.6 Å². The van der Waals surface area contributed by atoms with Crippen molar-refractivity contribution < 1.29 is 4.74 Å². The molecule has 19 heavy (non-hydrogen) atoms. The summed E-state index contributed by atoms with van der Waals surface area (Å²) in [5.74, 6) is 1.07. The maximum atomic E-state index is 6.01. The van der Waals surface area contributed by atoms with Crippen LogP contribution in [0.3, 0.4) is 0 Å². The Hall–Kier alpha value is -1.52. The van der Waals surface area contributed by atoms with E-state index in [1.54, 1.807) is 0 Å². The summed E-state index contributed by atoms with van der Waals surface area (Å²) < 4.78 is 4.96. The predicted octanol–water partition coefficient (Wildman–Crippen LogP) is 3.49. The summed E-state index contributed by atoms with van der Waals surface area (Å²) in [4.78, 5) is 8.06. The van der Waals surface area contributed by atoms with Crippen LogP contribution in [0.25, 0.3) is 0 Å². The van der Waals surface area contributed by atoms with Crippen LogP contribution in [-0.4, -0.2) is 17.1 Å². The zero-order valence-corrected chi connectivity index (χ0v) is 11.9. The fraction of sp³-hybridized carbons (Fsp3) is 0.231. The SMILES string of the molecule is COc1ncc(Cl)c(NCc2ccc(CCl)cc2)n1. The van der Waals surface area contributed by atoms with Gasteiger partial charge >= 0.3 is 6.01 Å². The van der Waals surface area contributed by atoms with E-state index in [0.717, 1.165) is 11.1 Å². The van der Waals surface area contributed by atoms with Crippen LogP contribution in [0.4, 0.5) is 5.82 Å². The molecule has 2 aromatic rings. The van der Waals surface area contributed by atoms with Gasteiger partial charge in [-0.05, 0) is 11.1 Å². The van der Waals surface area contributed by atoms with Crippen LogP contribution >= 0.6 is 23.2 Å². The second kappa shape index (κ2) is 6.59. The zero-order chi connectivity index (χ0) is 13.7. The van der Waals surface area contributed by atoms with E-state index < -0.39 is 0 Å². The smallest absolute Gasteiger partial charge is 0.318 e. The highest BCUT2D eigenvalue weighted by Crippen LogP contribution is 2.20. The molecule has 0 radical (unpaired) electrons. The van der Waals surface area contributed by atoms with Gasteiger partial charge in [-0.2, -0.15) is 4.98 Å². The third kappa shape index (κ3) is 3.72. The van der Waals surface area contributed by atoms with Gasteiger partial charge in [0.1, 0.15) is 5.02 Å². The van der Waals surface area contributed by atoms with E-state index in [1.165, 1.54) is 13.3 Å². The predicted molar refractivity (Wildman–Crippen MR) is 76.9 cm³/mol. The van der Waals surface area contributed by atoms with Gasteiger partial charge in [0.2, 0.25) is 0 Å². The number of rotatable bonds is 5. The van der Waals surface area contributed by atoms with Crippen LogP contribution in [0.1, 0.15) is 11.1 Å². The van der Waals surface area contributed by atoms with E-state index in [9.17, 15) is 0 Å². The Morgan fingerprint density at radius 3 is 2.53 bits per heavy atom. The highest BCUT2D eigenvalue weighted by Gasteiger charge is 2.05. The molecule has 100 valence electrons. The maximum absolute atomic E-state index is 6.01. The molecule has 0 saturated heterocycles. The molecule has 1 heterocycles. The molecule has 0 bridgehead atoms. The molecule has 0 fully saturated rings. The summed E-state index contributed by atoms with van der Waals surface area (Å²) in [5, 5.41) is 3.60. The summed E-state index contributed by atoms with van der Waals surface area (Å²) in [7, 11) is 1.51. The molecule has 6 heteroatoms. The number of methoxy groups -OCH3 is 1. The van der Waals surface area contributed by atoms with Crippen molar-refractivity contribution in [3.63, 3.8) is 0 Å². The van der Waals surface area contributed by atoms with E-state index in [4.69, 9.17) is 27.9 Å². The second-order valence-electron chi connectivity index (χ2n) is 3.86. The molecule has 0 aliphatic rings. The molecule has 0 unspecified atom stereocenters. The number of benzene rings is 1. The third-order valence-electron chi connectivity index (χ3n) is 2.54. The van der Waals surface area contributed by atoms with Crippen molar-refractivity contribution in [2.24, 2.45) is 0 Å². The Kier molecular flexibility index (Phi) is 4.82. The van der Waals surface area contributed by atoms with Gasteiger partial charge in [-0.3, -0.25) is 0 Å². The highest BCUT2D eigenvalue weighted by molar-refractivity contribution is 6.32. The fourth-order valence-electron chi connectivity index (χ4n) is 1.51. The molecule has 2 rings (SSSR count).